The largest absolute Gasteiger partial charge is 0.418 e. The molecule has 3 nitrogen and oxygen atoms in total. The summed E-state index contributed by atoms with van der Waals surface area (Å²) in [7, 11) is 3.05. The van der Waals surface area contributed by atoms with Crippen LogP contribution in [-0.2, 0) is 0 Å². The monoisotopic (exact) mass is 219 g/mol. The van der Waals surface area contributed by atoms with E-state index >= 15 is 0 Å². The summed E-state index contributed by atoms with van der Waals surface area (Å²) in [5.74, 6) is 0.410. The van der Waals surface area contributed by atoms with Crippen LogP contribution in [0.2, 0.25) is 0 Å². The minimum atomic E-state index is -4.44. The molecule has 0 aliphatic carbocycles. The second kappa shape index (κ2) is 3.52. The number of allylic oxidation sites excluding steroid dienone is 2. The number of halogens is 3. The minimum Gasteiger partial charge on any atom is -0.396 e. The lowest BCUT2D eigenvalue weighted by atomic mass is 10.1. The number of nitrogens with two attached hydrogens (primary N) is 1. The van der Waals surface area contributed by atoms with E-state index in [9.17, 15) is 13.2 Å². The molecule has 1 aliphatic heterocycles. The smallest absolute Gasteiger partial charge is 0.396 e. The summed E-state index contributed by atoms with van der Waals surface area (Å²) in [6, 6.07) is 0. The summed E-state index contributed by atoms with van der Waals surface area (Å²) < 4.78 is 37.5. The molecule has 84 valence electrons. The average molecular weight is 219 g/mol. The Morgan fingerprint density at radius 3 is 2.40 bits per heavy atom. The molecule has 0 aromatic rings. The lowest BCUT2D eigenvalue weighted by Crippen LogP contribution is -2.35. The fourth-order valence-electron chi connectivity index (χ4n) is 1.37. The minimum absolute atomic E-state index is 0.0414. The molecule has 15 heavy (non-hydrogen) atoms. The Bertz CT molecular complexity index is 352. The van der Waals surface area contributed by atoms with Crippen molar-refractivity contribution in [3.63, 3.8) is 0 Å². The topological polar surface area (TPSA) is 41.3 Å². The van der Waals surface area contributed by atoms with Crippen molar-refractivity contribution in [3.05, 3.63) is 35.4 Å². The third-order valence-corrected chi connectivity index (χ3v) is 2.17. The van der Waals surface area contributed by atoms with Crippen molar-refractivity contribution in [1.29, 1.82) is 0 Å². The van der Waals surface area contributed by atoms with Gasteiger partial charge in [-0.05, 0) is 6.08 Å². The maximum atomic E-state index is 12.5. The zero-order chi connectivity index (χ0) is 11.8. The van der Waals surface area contributed by atoms with Gasteiger partial charge in [0.15, 0.2) is 0 Å². The van der Waals surface area contributed by atoms with Crippen molar-refractivity contribution in [2.75, 3.05) is 14.1 Å². The molecule has 1 aliphatic rings. The first-order valence-electron chi connectivity index (χ1n) is 4.18. The maximum Gasteiger partial charge on any atom is 0.418 e. The third kappa shape index (κ3) is 1.93. The van der Waals surface area contributed by atoms with Gasteiger partial charge in [0.2, 0.25) is 0 Å². The number of nitrogens with one attached hydrogen (secondary N) is 1. The molecule has 0 amide bonds. The van der Waals surface area contributed by atoms with E-state index in [0.29, 0.717) is 5.82 Å². The molecule has 1 rings (SSSR count). The highest BCUT2D eigenvalue weighted by molar-refractivity contribution is 5.44. The van der Waals surface area contributed by atoms with Gasteiger partial charge in [-0.15, -0.1) is 0 Å². The molecule has 0 bridgehead atoms. The predicted molar refractivity (Wildman–Crippen MR) is 51.3 cm³/mol. The molecule has 0 saturated heterocycles. The van der Waals surface area contributed by atoms with Gasteiger partial charge in [-0.3, -0.25) is 0 Å². The molecule has 0 fully saturated rings. The van der Waals surface area contributed by atoms with E-state index in [1.807, 2.05) is 0 Å². The van der Waals surface area contributed by atoms with E-state index in [1.165, 1.54) is 11.9 Å². The number of nitrogens with zero attached hydrogens (tertiary/aromatic N) is 1. The van der Waals surface area contributed by atoms with Crippen molar-refractivity contribution in [1.82, 2.24) is 10.2 Å². The normalized spacial score (nSPS) is 18.1. The number of hydrogen-bond donors (Lipinski definition) is 2. The molecule has 1 heterocycles. The highest BCUT2D eigenvalue weighted by Crippen LogP contribution is 2.35. The van der Waals surface area contributed by atoms with Crippen molar-refractivity contribution >= 4 is 0 Å². The van der Waals surface area contributed by atoms with E-state index in [1.54, 1.807) is 7.05 Å². The number of rotatable bonds is 1. The summed E-state index contributed by atoms with van der Waals surface area (Å²) in [6.07, 6.45) is -3.55. The molecule has 6 heteroatoms. The van der Waals surface area contributed by atoms with Crippen LogP contribution in [0.3, 0.4) is 0 Å². The van der Waals surface area contributed by atoms with Crippen LogP contribution in [0.15, 0.2) is 35.4 Å². The second-order valence-electron chi connectivity index (χ2n) is 3.12. The van der Waals surface area contributed by atoms with E-state index in [-0.39, 0.29) is 11.4 Å². The summed E-state index contributed by atoms with van der Waals surface area (Å²) in [5.41, 5.74) is 4.59. The SMILES string of the molecule is C=C1C(C(F)(F)F)=CC(N)=C(NC)N1C. The molecule has 0 aromatic carbocycles. The summed E-state index contributed by atoms with van der Waals surface area (Å²) in [5, 5.41) is 2.71. The van der Waals surface area contributed by atoms with Crippen LogP contribution in [-0.4, -0.2) is 25.2 Å². The van der Waals surface area contributed by atoms with Gasteiger partial charge in [0, 0.05) is 19.8 Å². The fourth-order valence-corrected chi connectivity index (χ4v) is 1.37. The van der Waals surface area contributed by atoms with E-state index < -0.39 is 11.7 Å². The van der Waals surface area contributed by atoms with Gasteiger partial charge in [-0.1, -0.05) is 6.58 Å². The van der Waals surface area contributed by atoms with Crippen LogP contribution in [0, 0.1) is 0 Å². The van der Waals surface area contributed by atoms with Crippen LogP contribution in [0.4, 0.5) is 13.2 Å². The lowest BCUT2D eigenvalue weighted by Gasteiger charge is -2.31. The highest BCUT2D eigenvalue weighted by Gasteiger charge is 2.39. The Hall–Kier alpha value is -1.59. The van der Waals surface area contributed by atoms with Gasteiger partial charge in [-0.2, -0.15) is 13.2 Å². The van der Waals surface area contributed by atoms with Gasteiger partial charge in [0.1, 0.15) is 5.82 Å². The molecular weight excluding hydrogens is 207 g/mol. The molecule has 3 N–H and O–H groups in total. The highest BCUT2D eigenvalue weighted by atomic mass is 19.4. The molecular formula is C9H12F3N3. The van der Waals surface area contributed by atoms with Crippen molar-refractivity contribution in [2.24, 2.45) is 5.73 Å². The maximum absolute atomic E-state index is 12.5. The fraction of sp³-hybridized carbons (Fsp3) is 0.333. The lowest BCUT2D eigenvalue weighted by molar-refractivity contribution is -0.0913. The average Bonchev–Trinajstić information content (AvgIpc) is 2.10. The number of hydrogen-bond acceptors (Lipinski definition) is 3. The third-order valence-electron chi connectivity index (χ3n) is 2.17. The van der Waals surface area contributed by atoms with Crippen LogP contribution in [0.1, 0.15) is 0 Å². The second-order valence-corrected chi connectivity index (χ2v) is 3.12. The first-order chi connectivity index (χ1) is 6.79. The first-order valence-corrected chi connectivity index (χ1v) is 4.18. The van der Waals surface area contributed by atoms with Crippen molar-refractivity contribution in [3.8, 4) is 0 Å². The van der Waals surface area contributed by atoms with E-state index in [2.05, 4.69) is 11.9 Å². The van der Waals surface area contributed by atoms with E-state index in [4.69, 9.17) is 5.73 Å². The Kier molecular flexibility index (Phi) is 2.70. The Morgan fingerprint density at radius 2 is 2.00 bits per heavy atom. The molecule has 0 atom stereocenters. The predicted octanol–water partition coefficient (Wildman–Crippen LogP) is 1.28. The van der Waals surface area contributed by atoms with Gasteiger partial charge in [0.25, 0.3) is 0 Å². The Morgan fingerprint density at radius 1 is 1.47 bits per heavy atom. The van der Waals surface area contributed by atoms with Gasteiger partial charge in [-0.25, -0.2) is 0 Å². The Labute approximate surface area is 85.7 Å². The van der Waals surface area contributed by atoms with Gasteiger partial charge < -0.3 is 16.0 Å². The van der Waals surface area contributed by atoms with Crippen LogP contribution < -0.4 is 11.1 Å². The Balaban J connectivity index is 3.24. The zero-order valence-electron chi connectivity index (χ0n) is 8.44. The molecule has 0 unspecified atom stereocenters. The molecule has 0 aromatic heterocycles. The summed E-state index contributed by atoms with van der Waals surface area (Å²) in [6.45, 7) is 3.38. The first kappa shape index (κ1) is 11.5. The van der Waals surface area contributed by atoms with Crippen LogP contribution in [0.25, 0.3) is 0 Å². The standard InChI is InChI=1S/C9H12F3N3/c1-5-6(9(10,11)12)4-7(13)8(14-2)15(5)3/h4,14H,1,13H2,2-3H3. The van der Waals surface area contributed by atoms with Crippen LogP contribution >= 0.6 is 0 Å². The number of likely N-dealkylation sites (N-methyl/N-ethyl adjacent to an activating group) is 1. The summed E-state index contributed by atoms with van der Waals surface area (Å²) in [4.78, 5) is 1.28. The van der Waals surface area contributed by atoms with Crippen molar-refractivity contribution < 1.29 is 13.2 Å². The quantitative estimate of drug-likeness (QED) is 0.698. The van der Waals surface area contributed by atoms with Crippen molar-refractivity contribution in [2.45, 2.75) is 6.18 Å². The molecule has 0 saturated carbocycles. The van der Waals surface area contributed by atoms with Gasteiger partial charge in [0.05, 0.1) is 11.3 Å². The van der Waals surface area contributed by atoms with E-state index in [0.717, 1.165) is 6.08 Å². The van der Waals surface area contributed by atoms with Gasteiger partial charge >= 0.3 is 6.18 Å². The molecule has 0 radical (unpaired) electrons. The van der Waals surface area contributed by atoms with Crippen LogP contribution in [0.5, 0.6) is 0 Å². The zero-order valence-corrected chi connectivity index (χ0v) is 8.44. The molecule has 0 spiro atoms. The number of alkyl halides is 3. The summed E-state index contributed by atoms with van der Waals surface area (Å²) >= 11 is 0.